The Balaban J connectivity index is 2.10. The molecular weight excluding hydrogens is 236 g/mol. The molecule has 96 valence electrons. The number of hydrogen-bond donors (Lipinski definition) is 0. The first-order chi connectivity index (χ1) is 9.05. The van der Waals surface area contributed by atoms with Gasteiger partial charge in [0.05, 0.1) is 0 Å². The van der Waals surface area contributed by atoms with Crippen molar-refractivity contribution in [1.82, 2.24) is 10.3 Å². The predicted octanol–water partition coefficient (Wildman–Crippen LogP) is 4.19. The van der Waals surface area contributed by atoms with Gasteiger partial charge in [-0.25, -0.2) is 4.63 Å². The van der Waals surface area contributed by atoms with Gasteiger partial charge in [-0.3, -0.25) is 0 Å². The first-order valence-corrected chi connectivity index (χ1v) is 6.38. The molecule has 3 heteroatoms. The van der Waals surface area contributed by atoms with Crippen molar-refractivity contribution in [3.05, 3.63) is 48.0 Å². The molecule has 0 saturated heterocycles. The summed E-state index contributed by atoms with van der Waals surface area (Å²) in [4.78, 5) is 0. The van der Waals surface area contributed by atoms with E-state index < -0.39 is 0 Å². The Labute approximate surface area is 112 Å². The lowest BCUT2D eigenvalue weighted by atomic mass is 9.86. The summed E-state index contributed by atoms with van der Waals surface area (Å²) in [5, 5.41) is 7.86. The molecule has 3 rings (SSSR count). The van der Waals surface area contributed by atoms with E-state index in [1.807, 2.05) is 18.2 Å². The van der Waals surface area contributed by atoms with Gasteiger partial charge in [0.25, 0.3) is 0 Å². The molecule has 3 aromatic rings. The van der Waals surface area contributed by atoms with Crippen molar-refractivity contribution in [2.75, 3.05) is 0 Å². The maximum absolute atomic E-state index is 4.81. The molecule has 0 fully saturated rings. The fourth-order valence-corrected chi connectivity index (χ4v) is 2.19. The Morgan fingerprint density at radius 2 is 1.63 bits per heavy atom. The van der Waals surface area contributed by atoms with Crippen molar-refractivity contribution < 1.29 is 4.63 Å². The summed E-state index contributed by atoms with van der Waals surface area (Å²) in [6, 6.07) is 14.5. The monoisotopic (exact) mass is 252 g/mol. The van der Waals surface area contributed by atoms with Gasteiger partial charge in [-0.1, -0.05) is 57.2 Å². The van der Waals surface area contributed by atoms with Gasteiger partial charge in [-0.05, 0) is 32.9 Å². The van der Waals surface area contributed by atoms with Gasteiger partial charge in [-0.2, -0.15) is 0 Å². The largest absolute Gasteiger partial charge is 0.243 e. The summed E-state index contributed by atoms with van der Waals surface area (Å²) in [5.74, 6) is 0. The van der Waals surface area contributed by atoms with Crippen LogP contribution < -0.4 is 0 Å². The normalized spacial score (nSPS) is 11.9. The lowest BCUT2D eigenvalue weighted by Crippen LogP contribution is -2.10. The molecule has 19 heavy (non-hydrogen) atoms. The van der Waals surface area contributed by atoms with E-state index in [-0.39, 0.29) is 5.41 Å². The average Bonchev–Trinajstić information content (AvgIpc) is 2.86. The van der Waals surface area contributed by atoms with Crippen LogP contribution in [0.4, 0.5) is 0 Å². The molecule has 0 saturated carbocycles. The molecule has 0 aliphatic rings. The van der Waals surface area contributed by atoms with Crippen LogP contribution in [0.5, 0.6) is 0 Å². The Bertz CT molecular complexity index is 705. The first kappa shape index (κ1) is 11.9. The van der Waals surface area contributed by atoms with Gasteiger partial charge < -0.3 is 0 Å². The summed E-state index contributed by atoms with van der Waals surface area (Å²) < 4.78 is 4.81. The third kappa shape index (κ3) is 2.12. The minimum atomic E-state index is 0.167. The van der Waals surface area contributed by atoms with Crippen LogP contribution in [0.2, 0.25) is 0 Å². The SMILES string of the molecule is CC(C)(C)c1ccc(-c2cccc3nonc23)cc1. The van der Waals surface area contributed by atoms with Crippen LogP contribution in [0.1, 0.15) is 26.3 Å². The molecule has 0 aliphatic heterocycles. The molecule has 0 radical (unpaired) electrons. The first-order valence-electron chi connectivity index (χ1n) is 6.38. The van der Waals surface area contributed by atoms with Crippen molar-refractivity contribution in [1.29, 1.82) is 0 Å². The van der Waals surface area contributed by atoms with Gasteiger partial charge in [0, 0.05) is 5.56 Å². The second kappa shape index (κ2) is 4.19. The van der Waals surface area contributed by atoms with Gasteiger partial charge in [-0.15, -0.1) is 0 Å². The number of fused-ring (bicyclic) bond motifs is 1. The summed E-state index contributed by atoms with van der Waals surface area (Å²) in [5.41, 5.74) is 5.28. The van der Waals surface area contributed by atoms with E-state index in [0.29, 0.717) is 0 Å². The highest BCUT2D eigenvalue weighted by atomic mass is 16.6. The summed E-state index contributed by atoms with van der Waals surface area (Å²) in [6.07, 6.45) is 0. The zero-order valence-electron chi connectivity index (χ0n) is 11.3. The lowest BCUT2D eigenvalue weighted by Gasteiger charge is -2.19. The zero-order chi connectivity index (χ0) is 13.5. The Kier molecular flexibility index (Phi) is 2.63. The van der Waals surface area contributed by atoms with E-state index in [2.05, 4.69) is 55.4 Å². The predicted molar refractivity (Wildman–Crippen MR) is 75.9 cm³/mol. The van der Waals surface area contributed by atoms with Gasteiger partial charge in [0.1, 0.15) is 11.0 Å². The number of rotatable bonds is 1. The topological polar surface area (TPSA) is 38.9 Å². The van der Waals surface area contributed by atoms with Crippen molar-refractivity contribution >= 4 is 11.0 Å². The fourth-order valence-electron chi connectivity index (χ4n) is 2.19. The Hall–Kier alpha value is -2.16. The molecule has 3 nitrogen and oxygen atoms in total. The molecule has 0 atom stereocenters. The summed E-state index contributed by atoms with van der Waals surface area (Å²) >= 11 is 0. The van der Waals surface area contributed by atoms with Crippen LogP contribution in [0.3, 0.4) is 0 Å². The third-order valence-corrected chi connectivity index (χ3v) is 3.35. The third-order valence-electron chi connectivity index (χ3n) is 3.35. The summed E-state index contributed by atoms with van der Waals surface area (Å²) in [7, 11) is 0. The smallest absolute Gasteiger partial charge is 0.143 e. The average molecular weight is 252 g/mol. The Morgan fingerprint density at radius 3 is 2.32 bits per heavy atom. The molecule has 0 amide bonds. The summed E-state index contributed by atoms with van der Waals surface area (Å²) in [6.45, 7) is 6.64. The molecule has 1 aromatic heterocycles. The maximum Gasteiger partial charge on any atom is 0.143 e. The highest BCUT2D eigenvalue weighted by molar-refractivity contribution is 5.90. The van der Waals surface area contributed by atoms with Crippen molar-refractivity contribution in [3.63, 3.8) is 0 Å². The van der Waals surface area contributed by atoms with Crippen molar-refractivity contribution in [2.45, 2.75) is 26.2 Å². The molecule has 0 unspecified atom stereocenters. The van der Waals surface area contributed by atoms with Crippen LogP contribution in [0.25, 0.3) is 22.2 Å². The van der Waals surface area contributed by atoms with E-state index in [1.165, 1.54) is 5.56 Å². The maximum atomic E-state index is 4.81. The zero-order valence-corrected chi connectivity index (χ0v) is 11.3. The lowest BCUT2D eigenvalue weighted by molar-refractivity contribution is 0.315. The van der Waals surface area contributed by atoms with E-state index in [9.17, 15) is 0 Å². The minimum Gasteiger partial charge on any atom is -0.243 e. The van der Waals surface area contributed by atoms with Gasteiger partial charge >= 0.3 is 0 Å². The van der Waals surface area contributed by atoms with Crippen LogP contribution in [-0.2, 0) is 5.41 Å². The van der Waals surface area contributed by atoms with E-state index >= 15 is 0 Å². The molecule has 0 spiro atoms. The minimum absolute atomic E-state index is 0.167. The second-order valence-corrected chi connectivity index (χ2v) is 5.76. The Morgan fingerprint density at radius 1 is 0.895 bits per heavy atom. The number of hydrogen-bond acceptors (Lipinski definition) is 3. The fraction of sp³-hybridized carbons (Fsp3) is 0.250. The number of nitrogens with zero attached hydrogens (tertiary/aromatic N) is 2. The highest BCUT2D eigenvalue weighted by Gasteiger charge is 2.14. The molecule has 0 N–H and O–H groups in total. The molecule has 0 bridgehead atoms. The molecule has 2 aromatic carbocycles. The van der Waals surface area contributed by atoms with Crippen LogP contribution in [-0.4, -0.2) is 10.3 Å². The van der Waals surface area contributed by atoms with Crippen molar-refractivity contribution in [3.8, 4) is 11.1 Å². The van der Waals surface area contributed by atoms with Crippen LogP contribution >= 0.6 is 0 Å². The van der Waals surface area contributed by atoms with Crippen LogP contribution in [0, 0.1) is 0 Å². The van der Waals surface area contributed by atoms with E-state index in [1.54, 1.807) is 0 Å². The molecule has 0 aliphatic carbocycles. The van der Waals surface area contributed by atoms with Crippen molar-refractivity contribution in [2.24, 2.45) is 0 Å². The number of aromatic nitrogens is 2. The van der Waals surface area contributed by atoms with Gasteiger partial charge in [0.2, 0.25) is 0 Å². The second-order valence-electron chi connectivity index (χ2n) is 5.76. The quantitative estimate of drug-likeness (QED) is 0.652. The highest BCUT2D eigenvalue weighted by Crippen LogP contribution is 2.29. The van der Waals surface area contributed by atoms with E-state index in [0.717, 1.165) is 22.2 Å². The number of benzene rings is 2. The van der Waals surface area contributed by atoms with Gasteiger partial charge in [0.15, 0.2) is 0 Å². The van der Waals surface area contributed by atoms with Crippen LogP contribution in [0.15, 0.2) is 47.1 Å². The molecule has 1 heterocycles. The molecular formula is C16H16N2O. The standard InChI is InChI=1S/C16H16N2O/c1-16(2,3)12-9-7-11(8-10-12)13-5-4-6-14-15(13)18-19-17-14/h4-10H,1-3H3. The van der Waals surface area contributed by atoms with E-state index in [4.69, 9.17) is 4.63 Å².